The van der Waals surface area contributed by atoms with Gasteiger partial charge >= 0.3 is 0 Å². The van der Waals surface area contributed by atoms with E-state index in [2.05, 4.69) is 16.9 Å². The van der Waals surface area contributed by atoms with Crippen molar-refractivity contribution in [3.63, 3.8) is 0 Å². The molecular weight excluding hydrogens is 256 g/mol. The maximum Gasteiger partial charge on any atom is 0.172 e. The second kappa shape index (κ2) is 7.16. The maximum atomic E-state index is 11.8. The van der Waals surface area contributed by atoms with Crippen LogP contribution in [0.2, 0.25) is 0 Å². The second-order valence-corrected chi connectivity index (χ2v) is 5.54. The van der Waals surface area contributed by atoms with Crippen molar-refractivity contribution >= 4 is 17.1 Å². The number of pyridine rings is 1. The van der Waals surface area contributed by atoms with E-state index in [-0.39, 0.29) is 5.78 Å². The first-order valence-corrected chi connectivity index (χ1v) is 7.28. The molecule has 2 aromatic heterocycles. The fourth-order valence-electron chi connectivity index (χ4n) is 1.95. The Morgan fingerprint density at radius 3 is 2.79 bits per heavy atom. The van der Waals surface area contributed by atoms with Gasteiger partial charge in [0, 0.05) is 25.4 Å². The van der Waals surface area contributed by atoms with Gasteiger partial charge in [0.15, 0.2) is 5.78 Å². The summed E-state index contributed by atoms with van der Waals surface area (Å²) in [6, 6.07) is 7.86. The smallest absolute Gasteiger partial charge is 0.172 e. The van der Waals surface area contributed by atoms with Gasteiger partial charge < -0.3 is 4.90 Å². The van der Waals surface area contributed by atoms with Crippen LogP contribution in [0.25, 0.3) is 0 Å². The van der Waals surface area contributed by atoms with Crippen LogP contribution in [0.5, 0.6) is 0 Å². The molecule has 100 valence electrons. The number of rotatable bonds is 7. The van der Waals surface area contributed by atoms with Crippen molar-refractivity contribution in [1.29, 1.82) is 0 Å². The normalized spacial score (nSPS) is 10.8. The summed E-state index contributed by atoms with van der Waals surface area (Å²) >= 11 is 1.52. The van der Waals surface area contributed by atoms with E-state index in [4.69, 9.17) is 0 Å². The second-order valence-electron chi connectivity index (χ2n) is 4.60. The van der Waals surface area contributed by atoms with Crippen molar-refractivity contribution in [2.45, 2.75) is 19.4 Å². The van der Waals surface area contributed by atoms with E-state index >= 15 is 0 Å². The quantitative estimate of drug-likeness (QED) is 0.727. The van der Waals surface area contributed by atoms with Crippen LogP contribution in [-0.4, -0.2) is 29.3 Å². The third kappa shape index (κ3) is 4.58. The zero-order valence-corrected chi connectivity index (χ0v) is 11.9. The van der Waals surface area contributed by atoms with Crippen molar-refractivity contribution in [2.75, 3.05) is 13.6 Å². The number of carbonyl (C=O) groups is 1. The highest BCUT2D eigenvalue weighted by molar-refractivity contribution is 7.12. The van der Waals surface area contributed by atoms with E-state index in [1.807, 2.05) is 42.0 Å². The highest BCUT2D eigenvalue weighted by atomic mass is 32.1. The Bertz CT molecular complexity index is 496. The van der Waals surface area contributed by atoms with Crippen LogP contribution in [0.15, 0.2) is 42.0 Å². The van der Waals surface area contributed by atoms with Crippen molar-refractivity contribution in [3.8, 4) is 0 Å². The van der Waals surface area contributed by atoms with Gasteiger partial charge in [0.25, 0.3) is 0 Å². The summed E-state index contributed by atoms with van der Waals surface area (Å²) in [4.78, 5) is 18.9. The van der Waals surface area contributed by atoms with Gasteiger partial charge in [0.1, 0.15) is 0 Å². The van der Waals surface area contributed by atoms with Gasteiger partial charge in [-0.15, -0.1) is 11.3 Å². The van der Waals surface area contributed by atoms with Crippen molar-refractivity contribution in [3.05, 3.63) is 52.5 Å². The van der Waals surface area contributed by atoms with Crippen LogP contribution in [0.3, 0.4) is 0 Å². The van der Waals surface area contributed by atoms with Crippen LogP contribution in [-0.2, 0) is 6.54 Å². The molecule has 3 nitrogen and oxygen atoms in total. The van der Waals surface area contributed by atoms with E-state index in [1.54, 1.807) is 0 Å². The molecule has 0 atom stereocenters. The van der Waals surface area contributed by atoms with Crippen LogP contribution in [0.1, 0.15) is 28.1 Å². The minimum atomic E-state index is 0.257. The Hall–Kier alpha value is -1.52. The predicted octanol–water partition coefficient (Wildman–Crippen LogP) is 3.24. The Morgan fingerprint density at radius 2 is 2.11 bits per heavy atom. The lowest BCUT2D eigenvalue weighted by atomic mass is 10.2. The van der Waals surface area contributed by atoms with Crippen LogP contribution in [0, 0.1) is 0 Å². The summed E-state index contributed by atoms with van der Waals surface area (Å²) in [7, 11) is 2.08. The third-order valence-electron chi connectivity index (χ3n) is 2.94. The molecule has 0 bridgehead atoms. The Morgan fingerprint density at radius 1 is 1.32 bits per heavy atom. The monoisotopic (exact) mass is 274 g/mol. The Kier molecular flexibility index (Phi) is 5.24. The molecule has 0 N–H and O–H groups in total. The maximum absolute atomic E-state index is 11.8. The lowest BCUT2D eigenvalue weighted by Crippen LogP contribution is -2.19. The molecule has 0 spiro atoms. The minimum absolute atomic E-state index is 0.257. The van der Waals surface area contributed by atoms with Crippen molar-refractivity contribution in [2.24, 2.45) is 0 Å². The molecule has 0 aliphatic rings. The van der Waals surface area contributed by atoms with E-state index < -0.39 is 0 Å². The summed E-state index contributed by atoms with van der Waals surface area (Å²) in [5.41, 5.74) is 1.25. The number of thiophene rings is 1. The van der Waals surface area contributed by atoms with E-state index in [9.17, 15) is 4.79 Å². The highest BCUT2D eigenvalue weighted by Crippen LogP contribution is 2.12. The van der Waals surface area contributed by atoms with E-state index in [0.29, 0.717) is 6.42 Å². The van der Waals surface area contributed by atoms with Gasteiger partial charge in [-0.3, -0.25) is 9.78 Å². The zero-order valence-electron chi connectivity index (χ0n) is 11.1. The Labute approximate surface area is 117 Å². The molecule has 4 heteroatoms. The molecule has 0 saturated heterocycles. The van der Waals surface area contributed by atoms with Gasteiger partial charge in [-0.2, -0.15) is 0 Å². The zero-order chi connectivity index (χ0) is 13.5. The molecule has 2 aromatic rings. The molecular formula is C15H18N2OS. The number of aromatic nitrogens is 1. The number of Topliss-reactive ketones (excluding diaryl/α,β-unsaturated/α-hetero) is 1. The van der Waals surface area contributed by atoms with Gasteiger partial charge in [0.05, 0.1) is 4.88 Å². The first kappa shape index (κ1) is 13.9. The van der Waals surface area contributed by atoms with Crippen molar-refractivity contribution in [1.82, 2.24) is 9.88 Å². The molecule has 0 unspecified atom stereocenters. The lowest BCUT2D eigenvalue weighted by Gasteiger charge is -2.16. The number of hydrogen-bond acceptors (Lipinski definition) is 4. The lowest BCUT2D eigenvalue weighted by molar-refractivity contribution is 0.0980. The van der Waals surface area contributed by atoms with Gasteiger partial charge in [0.2, 0.25) is 0 Å². The average molecular weight is 274 g/mol. The van der Waals surface area contributed by atoms with Gasteiger partial charge in [-0.25, -0.2) is 0 Å². The minimum Gasteiger partial charge on any atom is -0.302 e. The van der Waals surface area contributed by atoms with Gasteiger partial charge in [-0.05, 0) is 49.2 Å². The molecule has 0 aliphatic carbocycles. The highest BCUT2D eigenvalue weighted by Gasteiger charge is 2.07. The summed E-state index contributed by atoms with van der Waals surface area (Å²) in [6.45, 7) is 1.83. The molecule has 19 heavy (non-hydrogen) atoms. The predicted molar refractivity (Wildman–Crippen MR) is 78.5 cm³/mol. The van der Waals surface area contributed by atoms with E-state index in [1.165, 1.54) is 16.9 Å². The first-order chi connectivity index (χ1) is 9.25. The SMILES string of the molecule is CN(CCCC(=O)c1cccs1)Cc1ccncc1. The fourth-order valence-corrected chi connectivity index (χ4v) is 2.64. The standard InChI is InChI=1S/C15H18N2OS/c1-17(12-13-6-8-16-9-7-13)10-2-4-14(18)15-5-3-11-19-15/h3,5-9,11H,2,4,10,12H2,1H3. The summed E-state index contributed by atoms with van der Waals surface area (Å²) in [5, 5.41) is 1.95. The molecule has 2 rings (SSSR count). The summed E-state index contributed by atoms with van der Waals surface area (Å²) in [5.74, 6) is 0.257. The average Bonchev–Trinajstić information content (AvgIpc) is 2.93. The molecule has 0 fully saturated rings. The number of hydrogen-bond donors (Lipinski definition) is 0. The van der Waals surface area contributed by atoms with Gasteiger partial charge in [-0.1, -0.05) is 6.07 Å². The summed E-state index contributed by atoms with van der Waals surface area (Å²) in [6.07, 6.45) is 5.15. The molecule has 2 heterocycles. The topological polar surface area (TPSA) is 33.2 Å². The largest absolute Gasteiger partial charge is 0.302 e. The first-order valence-electron chi connectivity index (χ1n) is 6.40. The summed E-state index contributed by atoms with van der Waals surface area (Å²) < 4.78 is 0. The fraction of sp³-hybridized carbons (Fsp3) is 0.333. The van der Waals surface area contributed by atoms with Crippen LogP contribution >= 0.6 is 11.3 Å². The molecule has 0 aromatic carbocycles. The molecule has 0 aliphatic heterocycles. The number of carbonyl (C=O) groups excluding carboxylic acids is 1. The number of ketones is 1. The van der Waals surface area contributed by atoms with Crippen LogP contribution in [0.4, 0.5) is 0 Å². The third-order valence-corrected chi connectivity index (χ3v) is 3.85. The number of nitrogens with zero attached hydrogens (tertiary/aromatic N) is 2. The molecule has 0 radical (unpaired) electrons. The Balaban J connectivity index is 1.69. The molecule has 0 saturated carbocycles. The van der Waals surface area contributed by atoms with Crippen LogP contribution < -0.4 is 0 Å². The van der Waals surface area contributed by atoms with Crippen molar-refractivity contribution < 1.29 is 4.79 Å². The molecule has 0 amide bonds. The van der Waals surface area contributed by atoms with E-state index in [0.717, 1.165) is 24.4 Å².